The summed E-state index contributed by atoms with van der Waals surface area (Å²) in [5.74, 6) is -0.712. The van der Waals surface area contributed by atoms with E-state index in [1.165, 1.54) is 19.2 Å². The van der Waals surface area contributed by atoms with Crippen LogP contribution in [-0.2, 0) is 6.42 Å². The first-order valence-electron chi connectivity index (χ1n) is 5.72. The first kappa shape index (κ1) is 13.6. The van der Waals surface area contributed by atoms with Crippen LogP contribution in [0.2, 0.25) is 5.02 Å². The summed E-state index contributed by atoms with van der Waals surface area (Å²) in [5, 5.41) is 0.492. The van der Waals surface area contributed by atoms with Crippen LogP contribution in [0.1, 0.15) is 15.9 Å². The Hall–Kier alpha value is -1.87. The topological polar surface area (TPSA) is 26.3 Å². The molecule has 98 valence electrons. The zero-order valence-corrected chi connectivity index (χ0v) is 11.1. The number of benzene rings is 2. The van der Waals surface area contributed by atoms with Crippen molar-refractivity contribution in [1.29, 1.82) is 0 Å². The van der Waals surface area contributed by atoms with Gasteiger partial charge in [0.25, 0.3) is 0 Å². The van der Waals surface area contributed by atoms with Crippen LogP contribution in [0.4, 0.5) is 4.39 Å². The molecule has 0 unspecified atom stereocenters. The van der Waals surface area contributed by atoms with Gasteiger partial charge < -0.3 is 4.74 Å². The fraction of sp³-hybridized carbons (Fsp3) is 0.133. The predicted octanol–water partition coefficient (Wildman–Crippen LogP) is 3.91. The Balaban J connectivity index is 2.33. The Morgan fingerprint density at radius 2 is 1.95 bits per heavy atom. The van der Waals surface area contributed by atoms with E-state index in [9.17, 15) is 9.18 Å². The van der Waals surface area contributed by atoms with E-state index in [-0.39, 0.29) is 23.5 Å². The molecule has 2 rings (SSSR count). The number of carbonyl (C=O) groups is 1. The van der Waals surface area contributed by atoms with Crippen molar-refractivity contribution < 1.29 is 13.9 Å². The summed E-state index contributed by atoms with van der Waals surface area (Å²) in [6.45, 7) is 0. The molecule has 0 N–H and O–H groups in total. The van der Waals surface area contributed by atoms with Crippen LogP contribution in [0.25, 0.3) is 0 Å². The highest BCUT2D eigenvalue weighted by Crippen LogP contribution is 2.24. The van der Waals surface area contributed by atoms with Crippen LogP contribution in [-0.4, -0.2) is 12.9 Å². The number of rotatable bonds is 4. The molecule has 0 amide bonds. The Kier molecular flexibility index (Phi) is 4.17. The normalized spacial score (nSPS) is 10.3. The third-order valence-electron chi connectivity index (χ3n) is 2.78. The lowest BCUT2D eigenvalue weighted by Crippen LogP contribution is -2.08. The molecule has 0 aliphatic carbocycles. The van der Waals surface area contributed by atoms with Gasteiger partial charge in [-0.3, -0.25) is 4.79 Å². The van der Waals surface area contributed by atoms with Crippen LogP contribution < -0.4 is 4.74 Å². The second-order valence-electron chi connectivity index (χ2n) is 4.01. The summed E-state index contributed by atoms with van der Waals surface area (Å²) in [5.41, 5.74) is 0.629. The highest BCUT2D eigenvalue weighted by molar-refractivity contribution is 6.31. The fourth-order valence-electron chi connectivity index (χ4n) is 1.85. The average Bonchev–Trinajstić information content (AvgIpc) is 2.40. The fourth-order valence-corrected chi connectivity index (χ4v) is 2.05. The van der Waals surface area contributed by atoms with E-state index in [1.807, 2.05) is 0 Å². The molecule has 0 heterocycles. The standard InChI is InChI=1S/C15H12ClFO2/c1-19-14-8-4-7-12(17)15(14)13(18)9-10-5-2-3-6-11(10)16/h2-8H,9H2,1H3. The van der Waals surface area contributed by atoms with Gasteiger partial charge >= 0.3 is 0 Å². The van der Waals surface area contributed by atoms with Gasteiger partial charge in [0.1, 0.15) is 11.6 Å². The lowest BCUT2D eigenvalue weighted by Gasteiger charge is -2.09. The predicted molar refractivity (Wildman–Crippen MR) is 72.4 cm³/mol. The molecule has 19 heavy (non-hydrogen) atoms. The van der Waals surface area contributed by atoms with Crippen LogP contribution in [0.15, 0.2) is 42.5 Å². The Bertz CT molecular complexity index is 611. The molecule has 2 aromatic rings. The molecule has 0 saturated heterocycles. The molecule has 0 fully saturated rings. The van der Waals surface area contributed by atoms with E-state index in [2.05, 4.69) is 0 Å². The number of hydrogen-bond donors (Lipinski definition) is 0. The van der Waals surface area contributed by atoms with Gasteiger partial charge in [-0.15, -0.1) is 0 Å². The highest BCUT2D eigenvalue weighted by Gasteiger charge is 2.18. The zero-order chi connectivity index (χ0) is 13.8. The van der Waals surface area contributed by atoms with E-state index < -0.39 is 5.82 Å². The maximum atomic E-state index is 13.8. The largest absolute Gasteiger partial charge is 0.496 e. The Morgan fingerprint density at radius 3 is 2.63 bits per heavy atom. The number of ketones is 1. The number of halogens is 2. The Morgan fingerprint density at radius 1 is 1.21 bits per heavy atom. The van der Waals surface area contributed by atoms with E-state index in [4.69, 9.17) is 16.3 Å². The van der Waals surface area contributed by atoms with Crippen molar-refractivity contribution in [3.8, 4) is 5.75 Å². The first-order valence-corrected chi connectivity index (χ1v) is 6.10. The molecule has 4 heteroatoms. The summed E-state index contributed by atoms with van der Waals surface area (Å²) in [6, 6.07) is 11.3. The summed E-state index contributed by atoms with van der Waals surface area (Å²) >= 11 is 5.99. The molecule has 2 nitrogen and oxygen atoms in total. The average molecular weight is 279 g/mol. The van der Waals surface area contributed by atoms with Crippen molar-refractivity contribution in [2.24, 2.45) is 0 Å². The van der Waals surface area contributed by atoms with Gasteiger partial charge in [0.15, 0.2) is 5.78 Å². The third-order valence-corrected chi connectivity index (χ3v) is 3.15. The van der Waals surface area contributed by atoms with Gasteiger partial charge in [-0.05, 0) is 23.8 Å². The second kappa shape index (κ2) is 5.85. The van der Waals surface area contributed by atoms with Gasteiger partial charge in [0, 0.05) is 11.4 Å². The van der Waals surface area contributed by atoms with Gasteiger partial charge in [-0.2, -0.15) is 0 Å². The second-order valence-corrected chi connectivity index (χ2v) is 4.42. The van der Waals surface area contributed by atoms with E-state index in [1.54, 1.807) is 30.3 Å². The molecular weight excluding hydrogens is 267 g/mol. The van der Waals surface area contributed by atoms with Crippen LogP contribution in [0, 0.1) is 5.82 Å². The minimum Gasteiger partial charge on any atom is -0.496 e. The molecule has 0 aromatic heterocycles. The lowest BCUT2D eigenvalue weighted by atomic mass is 10.0. The highest BCUT2D eigenvalue weighted by atomic mass is 35.5. The van der Waals surface area contributed by atoms with E-state index in [0.29, 0.717) is 10.6 Å². The van der Waals surface area contributed by atoms with Gasteiger partial charge in [-0.25, -0.2) is 4.39 Å². The van der Waals surface area contributed by atoms with Gasteiger partial charge in [0.2, 0.25) is 0 Å². The number of methoxy groups -OCH3 is 1. The third kappa shape index (κ3) is 2.93. The molecular formula is C15H12ClFO2. The van der Waals surface area contributed by atoms with E-state index in [0.717, 1.165) is 0 Å². The number of Topliss-reactive ketones (excluding diaryl/α,β-unsaturated/α-hetero) is 1. The van der Waals surface area contributed by atoms with Crippen molar-refractivity contribution >= 4 is 17.4 Å². The summed E-state index contributed by atoms with van der Waals surface area (Å²) in [7, 11) is 1.40. The maximum absolute atomic E-state index is 13.8. The minimum absolute atomic E-state index is 0.0371. The van der Waals surface area contributed by atoms with Gasteiger partial charge in [0.05, 0.1) is 12.7 Å². The Labute approximate surface area is 115 Å². The van der Waals surface area contributed by atoms with Crippen LogP contribution in [0.3, 0.4) is 0 Å². The molecule has 0 aliphatic heterocycles. The van der Waals surface area contributed by atoms with E-state index >= 15 is 0 Å². The number of carbonyl (C=O) groups excluding carboxylic acids is 1. The smallest absolute Gasteiger partial charge is 0.173 e. The van der Waals surface area contributed by atoms with Gasteiger partial charge in [-0.1, -0.05) is 35.9 Å². The minimum atomic E-state index is -0.587. The zero-order valence-electron chi connectivity index (χ0n) is 10.3. The molecule has 0 spiro atoms. The summed E-state index contributed by atoms with van der Waals surface area (Å²) < 4.78 is 18.8. The molecule has 0 bridgehead atoms. The van der Waals surface area contributed by atoms with Crippen molar-refractivity contribution in [3.63, 3.8) is 0 Å². The van der Waals surface area contributed by atoms with Crippen molar-refractivity contribution in [2.75, 3.05) is 7.11 Å². The molecule has 0 radical (unpaired) electrons. The summed E-state index contributed by atoms with van der Waals surface area (Å²) in [4.78, 5) is 12.2. The first-order chi connectivity index (χ1) is 9.13. The molecule has 0 atom stereocenters. The quantitative estimate of drug-likeness (QED) is 0.793. The number of hydrogen-bond acceptors (Lipinski definition) is 2. The van der Waals surface area contributed by atoms with Crippen LogP contribution >= 0.6 is 11.6 Å². The monoisotopic (exact) mass is 278 g/mol. The maximum Gasteiger partial charge on any atom is 0.173 e. The molecule has 0 saturated carbocycles. The van der Waals surface area contributed by atoms with Crippen molar-refractivity contribution in [2.45, 2.75) is 6.42 Å². The van der Waals surface area contributed by atoms with Crippen molar-refractivity contribution in [1.82, 2.24) is 0 Å². The molecule has 2 aromatic carbocycles. The summed E-state index contributed by atoms with van der Waals surface area (Å²) in [6.07, 6.45) is 0.0387. The number of ether oxygens (including phenoxy) is 1. The van der Waals surface area contributed by atoms with Crippen LogP contribution in [0.5, 0.6) is 5.75 Å². The van der Waals surface area contributed by atoms with Crippen molar-refractivity contribution in [3.05, 3.63) is 64.4 Å². The SMILES string of the molecule is COc1cccc(F)c1C(=O)Cc1ccccc1Cl. The molecule has 0 aliphatic rings. The lowest BCUT2D eigenvalue weighted by molar-refractivity contribution is 0.0986.